The molecular formula is C36H38Br2N6O. The van der Waals surface area contributed by atoms with Crippen molar-refractivity contribution in [3.05, 3.63) is 122 Å². The van der Waals surface area contributed by atoms with Crippen LogP contribution in [0.15, 0.2) is 94.1 Å². The number of rotatable bonds is 4. The summed E-state index contributed by atoms with van der Waals surface area (Å²) < 4.78 is 7.08. The molecule has 0 aliphatic heterocycles. The summed E-state index contributed by atoms with van der Waals surface area (Å²) in [5.41, 5.74) is 15.1. The van der Waals surface area contributed by atoms with Gasteiger partial charge < -0.3 is 25.8 Å². The molecule has 0 fully saturated rings. The van der Waals surface area contributed by atoms with E-state index in [0.29, 0.717) is 11.9 Å². The van der Waals surface area contributed by atoms with E-state index in [1.165, 1.54) is 63.6 Å². The number of H-pyrrole nitrogens is 2. The molecule has 0 bridgehead atoms. The maximum Gasteiger partial charge on any atom is 0.212 e. The van der Waals surface area contributed by atoms with Gasteiger partial charge in [0.15, 0.2) is 0 Å². The van der Waals surface area contributed by atoms with Crippen LogP contribution in [0.5, 0.6) is 5.88 Å². The van der Waals surface area contributed by atoms with E-state index in [2.05, 4.69) is 99.6 Å². The molecule has 0 amide bonds. The molecule has 0 unspecified atom stereocenters. The Morgan fingerprint density at radius 3 is 2.02 bits per heavy atom. The van der Waals surface area contributed by atoms with Gasteiger partial charge in [-0.25, -0.2) is 4.98 Å². The highest BCUT2D eigenvalue weighted by Gasteiger charge is 2.24. The third-order valence-electron chi connectivity index (χ3n) is 8.49. The Hall–Kier alpha value is -3.50. The average molecular weight is 731 g/mol. The molecule has 9 heteroatoms. The van der Waals surface area contributed by atoms with Gasteiger partial charge in [0, 0.05) is 79.2 Å². The van der Waals surface area contributed by atoms with Gasteiger partial charge in [0.05, 0.1) is 12.8 Å². The third-order valence-corrected chi connectivity index (χ3v) is 9.47. The van der Waals surface area contributed by atoms with Crippen LogP contribution in [0.4, 0.5) is 0 Å². The summed E-state index contributed by atoms with van der Waals surface area (Å²) in [6.07, 6.45) is 10.6. The fourth-order valence-electron chi connectivity index (χ4n) is 6.31. The first kappa shape index (κ1) is 31.5. The summed E-state index contributed by atoms with van der Waals surface area (Å²) in [6, 6.07) is 25.0. The smallest absolute Gasteiger partial charge is 0.212 e. The molecule has 2 atom stereocenters. The van der Waals surface area contributed by atoms with Crippen molar-refractivity contribution < 1.29 is 4.74 Å². The minimum absolute atomic E-state index is 0.194. The van der Waals surface area contributed by atoms with Crippen LogP contribution in [0.3, 0.4) is 0 Å². The first-order chi connectivity index (χ1) is 22.0. The highest BCUT2D eigenvalue weighted by Crippen LogP contribution is 2.36. The lowest BCUT2D eigenvalue weighted by Gasteiger charge is -2.23. The first-order valence-corrected chi connectivity index (χ1v) is 17.0. The maximum absolute atomic E-state index is 6.11. The molecule has 0 radical (unpaired) electrons. The lowest BCUT2D eigenvalue weighted by molar-refractivity contribution is 0.398. The number of halogens is 2. The topological polar surface area (TPSA) is 105 Å². The number of pyridine rings is 2. The van der Waals surface area contributed by atoms with E-state index in [4.69, 9.17) is 10.5 Å². The second kappa shape index (κ2) is 14.7. The van der Waals surface area contributed by atoms with Crippen LogP contribution in [-0.2, 0) is 19.4 Å². The summed E-state index contributed by atoms with van der Waals surface area (Å²) in [4.78, 5) is 15.3. The second-order valence-corrected chi connectivity index (χ2v) is 13.3. The molecule has 0 saturated carbocycles. The molecule has 6 aromatic rings. The van der Waals surface area contributed by atoms with E-state index in [-0.39, 0.29) is 6.04 Å². The number of hydrogen-bond acceptors (Lipinski definition) is 5. The fourth-order valence-corrected chi connectivity index (χ4v) is 7.03. The largest absolute Gasteiger partial charge is 0.481 e. The number of methoxy groups -OCH3 is 1. The molecule has 45 heavy (non-hydrogen) atoms. The number of aromatic nitrogens is 4. The number of nitrogens with zero attached hydrogens (tertiary/aromatic N) is 2. The zero-order valence-corrected chi connectivity index (χ0v) is 28.5. The number of benzene rings is 2. The predicted molar refractivity (Wildman–Crippen MR) is 189 cm³/mol. The van der Waals surface area contributed by atoms with E-state index < -0.39 is 0 Å². The maximum atomic E-state index is 6.11. The molecule has 2 aromatic carbocycles. The van der Waals surface area contributed by atoms with Crippen LogP contribution in [0.2, 0.25) is 0 Å². The number of hydrogen-bond donors (Lipinski definition) is 4. The molecule has 0 spiro atoms. The molecule has 4 aromatic heterocycles. The Balaban J connectivity index is 0.000000134. The number of nitrogens with two attached hydrogens (primary N) is 1. The number of ether oxygens (including phenoxy) is 1. The van der Waals surface area contributed by atoms with E-state index in [9.17, 15) is 0 Å². The molecule has 8 rings (SSSR count). The van der Waals surface area contributed by atoms with Crippen LogP contribution in [0.25, 0.3) is 21.8 Å². The number of aryl methyl sites for hydroxylation is 2. The first-order valence-electron chi connectivity index (χ1n) is 15.4. The zero-order chi connectivity index (χ0) is 31.2. The molecule has 2 aliphatic rings. The molecule has 4 heterocycles. The summed E-state index contributed by atoms with van der Waals surface area (Å²) in [5.74, 6) is 0.660. The van der Waals surface area contributed by atoms with Crippen LogP contribution >= 0.6 is 31.9 Å². The molecule has 7 nitrogen and oxygen atoms in total. The van der Waals surface area contributed by atoms with E-state index in [0.717, 1.165) is 40.4 Å². The van der Waals surface area contributed by atoms with Crippen molar-refractivity contribution in [1.82, 2.24) is 25.3 Å². The van der Waals surface area contributed by atoms with Crippen LogP contribution in [0, 0.1) is 0 Å². The van der Waals surface area contributed by atoms with Gasteiger partial charge in [0.25, 0.3) is 0 Å². The van der Waals surface area contributed by atoms with Gasteiger partial charge in [0.2, 0.25) is 5.88 Å². The van der Waals surface area contributed by atoms with Crippen molar-refractivity contribution in [1.29, 1.82) is 0 Å². The van der Waals surface area contributed by atoms with Gasteiger partial charge in [-0.05, 0) is 104 Å². The SMILES string of the molecule is Brc1ccc2[nH]c3c(c2c1)CCC[C@H]3NCc1ccccn1.COc1ccccn1.N[C@@H]1CCCc2c1[nH]c1ccc(Br)cc21. The Kier molecular flexibility index (Phi) is 10.3. The summed E-state index contributed by atoms with van der Waals surface area (Å²) in [7, 11) is 1.60. The van der Waals surface area contributed by atoms with Crippen molar-refractivity contribution >= 4 is 53.7 Å². The lowest BCUT2D eigenvalue weighted by Crippen LogP contribution is -2.25. The highest BCUT2D eigenvalue weighted by molar-refractivity contribution is 9.10. The zero-order valence-electron chi connectivity index (χ0n) is 25.3. The van der Waals surface area contributed by atoms with Gasteiger partial charge >= 0.3 is 0 Å². The van der Waals surface area contributed by atoms with Gasteiger partial charge in [-0.1, -0.05) is 44.0 Å². The average Bonchev–Trinajstić information content (AvgIpc) is 3.64. The molecular weight excluding hydrogens is 692 g/mol. The minimum Gasteiger partial charge on any atom is -0.481 e. The van der Waals surface area contributed by atoms with Crippen molar-refractivity contribution in [2.45, 2.75) is 57.2 Å². The van der Waals surface area contributed by atoms with Gasteiger partial charge in [-0.3, -0.25) is 4.98 Å². The Morgan fingerprint density at radius 2 is 1.42 bits per heavy atom. The van der Waals surface area contributed by atoms with Crippen molar-refractivity contribution in [3.8, 4) is 5.88 Å². The second-order valence-electron chi connectivity index (χ2n) is 11.4. The number of aromatic amines is 2. The summed E-state index contributed by atoms with van der Waals surface area (Å²) in [5, 5.41) is 6.35. The quantitative estimate of drug-likeness (QED) is 0.145. The standard InChI is InChI=1S/C18H18BrN3.C12H13BrN2.C6H7NO/c19-12-7-8-16-15(10-12)14-5-3-6-17(18(14)22-16)21-11-13-4-1-2-9-20-13;13-7-4-5-11-9(6-7)8-2-1-3-10(14)12(8)15-11;1-8-6-4-2-3-5-7-6/h1-2,4,7-10,17,21-22H,3,5-6,11H2;4-6,10,15H,1-3,14H2;2-5H,1H3/t17-;10-;/m11./s1. The lowest BCUT2D eigenvalue weighted by atomic mass is 9.91. The Morgan fingerprint density at radius 1 is 0.800 bits per heavy atom. The molecule has 232 valence electrons. The minimum atomic E-state index is 0.194. The van der Waals surface area contributed by atoms with Crippen LogP contribution in [-0.4, -0.2) is 27.0 Å². The van der Waals surface area contributed by atoms with E-state index in [1.807, 2.05) is 30.5 Å². The molecule has 2 aliphatic carbocycles. The van der Waals surface area contributed by atoms with Crippen LogP contribution < -0.4 is 15.8 Å². The summed E-state index contributed by atoms with van der Waals surface area (Å²) in [6.45, 7) is 0.810. The Bertz CT molecular complexity index is 1850. The number of nitrogens with one attached hydrogen (secondary N) is 3. The van der Waals surface area contributed by atoms with Gasteiger partial charge in [-0.2, -0.15) is 0 Å². The van der Waals surface area contributed by atoms with E-state index >= 15 is 0 Å². The summed E-state index contributed by atoms with van der Waals surface area (Å²) >= 11 is 7.10. The van der Waals surface area contributed by atoms with E-state index in [1.54, 1.807) is 19.4 Å². The van der Waals surface area contributed by atoms with Crippen molar-refractivity contribution in [2.24, 2.45) is 5.73 Å². The highest BCUT2D eigenvalue weighted by atomic mass is 79.9. The van der Waals surface area contributed by atoms with Crippen molar-refractivity contribution in [3.63, 3.8) is 0 Å². The van der Waals surface area contributed by atoms with Gasteiger partial charge in [0.1, 0.15) is 0 Å². The number of fused-ring (bicyclic) bond motifs is 6. The fraction of sp³-hybridized carbons (Fsp3) is 0.278. The normalized spacial score (nSPS) is 17.0. The van der Waals surface area contributed by atoms with Crippen LogP contribution in [0.1, 0.15) is 66.0 Å². The van der Waals surface area contributed by atoms with Gasteiger partial charge in [-0.15, -0.1) is 0 Å². The predicted octanol–water partition coefficient (Wildman–Crippen LogP) is 8.85. The molecule has 0 saturated heterocycles. The monoisotopic (exact) mass is 728 g/mol. The molecule has 5 N–H and O–H groups in total. The Labute approximate surface area is 280 Å². The third kappa shape index (κ3) is 7.49. The van der Waals surface area contributed by atoms with Crippen molar-refractivity contribution in [2.75, 3.05) is 7.11 Å².